The summed E-state index contributed by atoms with van der Waals surface area (Å²) >= 11 is 0. The van der Waals surface area contributed by atoms with Gasteiger partial charge in [0.15, 0.2) is 0 Å². The number of carbonyl (C=O) groups excluding carboxylic acids is 1. The van der Waals surface area contributed by atoms with E-state index >= 15 is 0 Å². The number of hydrogen-bond donors (Lipinski definition) is 1. The molecule has 0 aromatic rings. The molecule has 0 saturated carbocycles. The molecule has 0 aromatic heterocycles. The molecule has 0 spiro atoms. The van der Waals surface area contributed by atoms with Crippen LogP contribution in [-0.2, 0) is 4.79 Å². The third-order valence-electron chi connectivity index (χ3n) is 0.946. The summed E-state index contributed by atoms with van der Waals surface area (Å²) in [5.74, 6) is -0.394. The SMILES string of the molecule is CC(C)C(=O)NC=C[N+](=O)[O-]. The van der Waals surface area contributed by atoms with E-state index in [1.807, 2.05) is 0 Å². The van der Waals surface area contributed by atoms with Crippen LogP contribution in [0.25, 0.3) is 0 Å². The first-order valence-corrected chi connectivity index (χ1v) is 3.14. The van der Waals surface area contributed by atoms with Crippen molar-refractivity contribution in [3.05, 3.63) is 22.5 Å². The van der Waals surface area contributed by atoms with Crippen molar-refractivity contribution >= 4 is 5.91 Å². The maximum Gasteiger partial charge on any atom is 0.250 e. The number of rotatable bonds is 3. The van der Waals surface area contributed by atoms with E-state index in [0.717, 1.165) is 6.20 Å². The van der Waals surface area contributed by atoms with Gasteiger partial charge in [0.25, 0.3) is 0 Å². The van der Waals surface area contributed by atoms with Crippen molar-refractivity contribution in [3.8, 4) is 0 Å². The summed E-state index contributed by atoms with van der Waals surface area (Å²) in [7, 11) is 0. The number of nitrogens with zero attached hydrogens (tertiary/aromatic N) is 1. The van der Waals surface area contributed by atoms with Crippen molar-refractivity contribution in [1.82, 2.24) is 5.32 Å². The zero-order valence-electron chi connectivity index (χ0n) is 6.40. The van der Waals surface area contributed by atoms with Gasteiger partial charge in [0.2, 0.25) is 12.1 Å². The Morgan fingerprint density at radius 1 is 1.64 bits per heavy atom. The van der Waals surface area contributed by atoms with Crippen molar-refractivity contribution in [2.45, 2.75) is 13.8 Å². The van der Waals surface area contributed by atoms with Crippen LogP contribution in [0.4, 0.5) is 0 Å². The summed E-state index contributed by atoms with van der Waals surface area (Å²) < 4.78 is 0. The molecule has 0 heterocycles. The highest BCUT2D eigenvalue weighted by molar-refractivity contribution is 5.78. The topological polar surface area (TPSA) is 72.2 Å². The van der Waals surface area contributed by atoms with Crippen molar-refractivity contribution in [2.75, 3.05) is 0 Å². The van der Waals surface area contributed by atoms with Crippen LogP contribution in [-0.4, -0.2) is 10.8 Å². The smallest absolute Gasteiger partial charge is 0.250 e. The van der Waals surface area contributed by atoms with Crippen LogP contribution in [0.5, 0.6) is 0 Å². The number of amides is 1. The van der Waals surface area contributed by atoms with E-state index in [1.165, 1.54) is 0 Å². The first-order chi connectivity index (χ1) is 5.04. The van der Waals surface area contributed by atoms with Gasteiger partial charge in [-0.3, -0.25) is 14.9 Å². The van der Waals surface area contributed by atoms with Crippen molar-refractivity contribution < 1.29 is 9.72 Å². The molecule has 11 heavy (non-hydrogen) atoms. The molecule has 1 amide bonds. The van der Waals surface area contributed by atoms with Gasteiger partial charge >= 0.3 is 0 Å². The standard InChI is InChI=1S/C6H10N2O3/c1-5(2)6(9)7-3-4-8(10)11/h3-5H,1-2H3,(H,7,9). The molecule has 0 aliphatic carbocycles. The lowest BCUT2D eigenvalue weighted by molar-refractivity contribution is -0.402. The van der Waals surface area contributed by atoms with E-state index in [1.54, 1.807) is 13.8 Å². The van der Waals surface area contributed by atoms with E-state index in [9.17, 15) is 14.9 Å². The fourth-order valence-electron chi connectivity index (χ4n) is 0.347. The molecule has 5 heteroatoms. The minimum Gasteiger partial charge on any atom is -0.327 e. The van der Waals surface area contributed by atoms with E-state index in [0.29, 0.717) is 6.20 Å². The molecule has 0 bridgehead atoms. The van der Waals surface area contributed by atoms with Gasteiger partial charge in [-0.1, -0.05) is 13.8 Å². The molecular weight excluding hydrogens is 148 g/mol. The van der Waals surface area contributed by atoms with E-state index in [2.05, 4.69) is 5.32 Å². The molecular formula is C6H10N2O3. The molecule has 0 aliphatic rings. The molecule has 0 aliphatic heterocycles. The zero-order valence-corrected chi connectivity index (χ0v) is 6.40. The number of nitrogens with one attached hydrogen (secondary N) is 1. The van der Waals surface area contributed by atoms with Crippen LogP contribution in [0.2, 0.25) is 0 Å². The van der Waals surface area contributed by atoms with Gasteiger partial charge in [-0.2, -0.15) is 0 Å². The van der Waals surface area contributed by atoms with Crippen molar-refractivity contribution in [1.29, 1.82) is 0 Å². The molecule has 5 nitrogen and oxygen atoms in total. The van der Waals surface area contributed by atoms with Gasteiger partial charge in [-0.25, -0.2) is 0 Å². The van der Waals surface area contributed by atoms with Gasteiger partial charge in [0, 0.05) is 5.92 Å². The third-order valence-corrected chi connectivity index (χ3v) is 0.946. The van der Waals surface area contributed by atoms with Gasteiger partial charge in [0.1, 0.15) is 0 Å². The lowest BCUT2D eigenvalue weighted by atomic mass is 10.2. The van der Waals surface area contributed by atoms with Crippen molar-refractivity contribution in [3.63, 3.8) is 0 Å². The number of carbonyl (C=O) groups is 1. The normalized spacial score (nSPS) is 10.5. The Morgan fingerprint density at radius 2 is 2.18 bits per heavy atom. The Balaban J connectivity index is 3.71. The van der Waals surface area contributed by atoms with Gasteiger partial charge < -0.3 is 5.32 Å². The number of nitro groups is 1. The molecule has 0 radical (unpaired) electrons. The maximum absolute atomic E-state index is 10.7. The average Bonchev–Trinajstić information content (AvgIpc) is 1.86. The Morgan fingerprint density at radius 3 is 2.55 bits per heavy atom. The lowest BCUT2D eigenvalue weighted by Gasteiger charge is -1.99. The highest BCUT2D eigenvalue weighted by Crippen LogP contribution is 1.89. The summed E-state index contributed by atoms with van der Waals surface area (Å²) in [5.41, 5.74) is 0. The van der Waals surface area contributed by atoms with Crippen LogP contribution in [0, 0.1) is 16.0 Å². The second kappa shape index (κ2) is 4.43. The Kier molecular flexibility index (Phi) is 3.87. The molecule has 0 unspecified atom stereocenters. The lowest BCUT2D eigenvalue weighted by Crippen LogP contribution is -2.22. The summed E-state index contributed by atoms with van der Waals surface area (Å²) in [6, 6.07) is 0. The summed E-state index contributed by atoms with van der Waals surface area (Å²) in [6.45, 7) is 3.41. The van der Waals surface area contributed by atoms with Crippen LogP contribution < -0.4 is 5.32 Å². The Labute approximate surface area is 64.2 Å². The van der Waals surface area contributed by atoms with Gasteiger partial charge in [0.05, 0.1) is 11.1 Å². The minimum absolute atomic E-state index is 0.161. The second-order valence-corrected chi connectivity index (χ2v) is 2.26. The summed E-state index contributed by atoms with van der Waals surface area (Å²) in [6.07, 6.45) is 1.70. The van der Waals surface area contributed by atoms with E-state index in [4.69, 9.17) is 0 Å². The Hall–Kier alpha value is -1.39. The Bertz CT molecular complexity index is 186. The van der Waals surface area contributed by atoms with Gasteiger partial charge in [-0.05, 0) is 0 Å². The van der Waals surface area contributed by atoms with Crippen LogP contribution >= 0.6 is 0 Å². The predicted molar refractivity (Wildman–Crippen MR) is 39.1 cm³/mol. The van der Waals surface area contributed by atoms with E-state index in [-0.39, 0.29) is 11.8 Å². The molecule has 1 N–H and O–H groups in total. The van der Waals surface area contributed by atoms with Crippen LogP contribution in [0.15, 0.2) is 12.4 Å². The van der Waals surface area contributed by atoms with Crippen LogP contribution in [0.1, 0.15) is 13.8 Å². The molecule has 0 saturated heterocycles. The van der Waals surface area contributed by atoms with E-state index < -0.39 is 4.92 Å². The zero-order chi connectivity index (χ0) is 8.85. The fourth-order valence-corrected chi connectivity index (χ4v) is 0.347. The van der Waals surface area contributed by atoms with Gasteiger partial charge in [-0.15, -0.1) is 0 Å². The van der Waals surface area contributed by atoms with Crippen molar-refractivity contribution in [2.24, 2.45) is 5.92 Å². The fraction of sp³-hybridized carbons (Fsp3) is 0.500. The number of hydrogen-bond acceptors (Lipinski definition) is 3. The molecule has 0 atom stereocenters. The van der Waals surface area contributed by atoms with Crippen LogP contribution in [0.3, 0.4) is 0 Å². The molecule has 62 valence electrons. The predicted octanol–water partition coefficient (Wildman–Crippen LogP) is 0.506. The maximum atomic E-state index is 10.7. The summed E-state index contributed by atoms with van der Waals surface area (Å²) in [4.78, 5) is 19.8. The second-order valence-electron chi connectivity index (χ2n) is 2.26. The third kappa shape index (κ3) is 5.07. The largest absolute Gasteiger partial charge is 0.327 e. The highest BCUT2D eigenvalue weighted by Gasteiger charge is 2.03. The summed E-state index contributed by atoms with van der Waals surface area (Å²) in [5, 5.41) is 12.0. The average molecular weight is 158 g/mol. The molecule has 0 aromatic carbocycles. The minimum atomic E-state index is -0.638. The first kappa shape index (κ1) is 9.61. The molecule has 0 rings (SSSR count). The molecule has 0 fully saturated rings. The monoisotopic (exact) mass is 158 g/mol. The first-order valence-electron chi connectivity index (χ1n) is 3.14. The quantitative estimate of drug-likeness (QED) is 0.480. The highest BCUT2D eigenvalue weighted by atomic mass is 16.6.